The van der Waals surface area contributed by atoms with Crippen LogP contribution in [0.4, 0.5) is 43.9 Å². The third kappa shape index (κ3) is 3.06. The fourth-order valence-corrected chi connectivity index (χ4v) is 1.38. The first-order chi connectivity index (χ1) is 9.31. The van der Waals surface area contributed by atoms with Gasteiger partial charge in [0.1, 0.15) is 0 Å². The van der Waals surface area contributed by atoms with E-state index in [1.54, 1.807) is 0 Å². The van der Waals surface area contributed by atoms with E-state index in [2.05, 4.69) is 0 Å². The van der Waals surface area contributed by atoms with Crippen LogP contribution in [-0.2, 0) is 0 Å². The first kappa shape index (κ1) is 17.5. The molecule has 0 aliphatic carbocycles. The Balaban J connectivity index is 3.30. The standard InChI is InChI=1S/C10H4F10O/c11-4-3(5(12)7(14)8(15)6(4)13)2(21)1-9(16,17)10(18,19)20/h2,21H,1H2. The van der Waals surface area contributed by atoms with Crippen molar-refractivity contribution in [2.24, 2.45) is 0 Å². The average Bonchev–Trinajstić information content (AvgIpc) is 2.32. The lowest BCUT2D eigenvalue weighted by Gasteiger charge is -2.23. The molecular weight excluding hydrogens is 326 g/mol. The molecule has 11 heteroatoms. The molecule has 21 heavy (non-hydrogen) atoms. The molecule has 1 N–H and O–H groups in total. The highest BCUT2D eigenvalue weighted by Gasteiger charge is 2.58. The summed E-state index contributed by atoms with van der Waals surface area (Å²) in [7, 11) is 0. The lowest BCUT2D eigenvalue weighted by molar-refractivity contribution is -0.290. The van der Waals surface area contributed by atoms with Crippen LogP contribution in [0.5, 0.6) is 0 Å². The van der Waals surface area contributed by atoms with E-state index in [0.29, 0.717) is 0 Å². The number of benzene rings is 1. The summed E-state index contributed by atoms with van der Waals surface area (Å²) in [6.45, 7) is 0. The van der Waals surface area contributed by atoms with Gasteiger partial charge in [0.2, 0.25) is 5.82 Å². The summed E-state index contributed by atoms with van der Waals surface area (Å²) in [5, 5.41) is 9.01. The minimum Gasteiger partial charge on any atom is -0.388 e. The molecule has 0 aliphatic rings. The molecule has 0 saturated heterocycles. The van der Waals surface area contributed by atoms with Gasteiger partial charge in [-0.2, -0.15) is 22.0 Å². The Kier molecular flexibility index (Phi) is 4.47. The fourth-order valence-electron chi connectivity index (χ4n) is 1.38. The number of hydrogen-bond donors (Lipinski definition) is 1. The zero-order chi connectivity index (χ0) is 16.7. The zero-order valence-corrected chi connectivity index (χ0v) is 9.51. The van der Waals surface area contributed by atoms with Crippen LogP contribution in [0, 0.1) is 29.1 Å². The van der Waals surface area contributed by atoms with E-state index in [9.17, 15) is 43.9 Å². The quantitative estimate of drug-likeness (QED) is 0.505. The molecule has 1 aromatic carbocycles. The normalized spacial score (nSPS) is 14.4. The van der Waals surface area contributed by atoms with E-state index >= 15 is 0 Å². The van der Waals surface area contributed by atoms with Crippen LogP contribution in [0.25, 0.3) is 0 Å². The first-order valence-electron chi connectivity index (χ1n) is 4.95. The van der Waals surface area contributed by atoms with Crippen LogP contribution in [0.15, 0.2) is 0 Å². The number of alkyl halides is 5. The average molecular weight is 330 g/mol. The second-order valence-corrected chi connectivity index (χ2v) is 3.91. The summed E-state index contributed by atoms with van der Waals surface area (Å²) in [6.07, 6.45) is -12.0. The monoisotopic (exact) mass is 330 g/mol. The summed E-state index contributed by atoms with van der Waals surface area (Å²) in [5.74, 6) is -18.7. The van der Waals surface area contributed by atoms with Crippen molar-refractivity contribution in [3.63, 3.8) is 0 Å². The van der Waals surface area contributed by atoms with E-state index < -0.39 is 59.3 Å². The van der Waals surface area contributed by atoms with Gasteiger partial charge >= 0.3 is 12.1 Å². The van der Waals surface area contributed by atoms with Gasteiger partial charge in [-0.15, -0.1) is 0 Å². The molecule has 0 fully saturated rings. The maximum atomic E-state index is 13.1. The SMILES string of the molecule is OC(CC(F)(F)C(F)(F)F)c1c(F)c(F)c(F)c(F)c1F. The van der Waals surface area contributed by atoms with Crippen LogP contribution >= 0.6 is 0 Å². The van der Waals surface area contributed by atoms with Crippen molar-refractivity contribution in [2.45, 2.75) is 24.6 Å². The van der Waals surface area contributed by atoms with E-state index in [0.717, 1.165) is 0 Å². The minimum absolute atomic E-state index is 2.16. The Hall–Kier alpha value is -1.52. The van der Waals surface area contributed by atoms with Crippen molar-refractivity contribution < 1.29 is 49.0 Å². The van der Waals surface area contributed by atoms with Gasteiger partial charge in [0.25, 0.3) is 0 Å². The Morgan fingerprint density at radius 3 is 1.38 bits per heavy atom. The molecule has 0 saturated carbocycles. The summed E-state index contributed by atoms with van der Waals surface area (Å²) < 4.78 is 125. The van der Waals surface area contributed by atoms with Crippen LogP contribution < -0.4 is 0 Å². The molecule has 0 heterocycles. The van der Waals surface area contributed by atoms with Gasteiger partial charge in [0.15, 0.2) is 23.3 Å². The van der Waals surface area contributed by atoms with Gasteiger partial charge in [0, 0.05) is 0 Å². The predicted molar refractivity (Wildman–Crippen MR) is 46.8 cm³/mol. The minimum atomic E-state index is -6.17. The van der Waals surface area contributed by atoms with Crippen molar-refractivity contribution in [3.8, 4) is 0 Å². The Labute approximate surface area is 109 Å². The van der Waals surface area contributed by atoms with Crippen molar-refractivity contribution >= 4 is 0 Å². The van der Waals surface area contributed by atoms with E-state index in [4.69, 9.17) is 5.11 Å². The Bertz CT molecular complexity index is 521. The van der Waals surface area contributed by atoms with Crippen LogP contribution in [0.2, 0.25) is 0 Å². The van der Waals surface area contributed by atoms with Crippen molar-refractivity contribution in [1.29, 1.82) is 0 Å². The Morgan fingerprint density at radius 1 is 0.714 bits per heavy atom. The molecule has 0 amide bonds. The largest absolute Gasteiger partial charge is 0.453 e. The van der Waals surface area contributed by atoms with Gasteiger partial charge in [-0.1, -0.05) is 0 Å². The maximum Gasteiger partial charge on any atom is 0.453 e. The summed E-state index contributed by atoms with van der Waals surface area (Å²) in [5.41, 5.74) is -2.16. The van der Waals surface area contributed by atoms with Crippen LogP contribution in [-0.4, -0.2) is 17.2 Å². The number of aliphatic hydroxyl groups excluding tert-OH is 1. The number of aliphatic hydroxyl groups is 1. The lowest BCUT2D eigenvalue weighted by Crippen LogP contribution is -2.38. The third-order valence-corrected chi connectivity index (χ3v) is 2.44. The van der Waals surface area contributed by atoms with E-state index in [1.165, 1.54) is 0 Å². The van der Waals surface area contributed by atoms with E-state index in [1.807, 2.05) is 0 Å². The molecular formula is C10H4F10O. The van der Waals surface area contributed by atoms with Gasteiger partial charge < -0.3 is 5.11 Å². The topological polar surface area (TPSA) is 20.2 Å². The predicted octanol–water partition coefficient (Wildman–Crippen LogP) is 4.00. The molecule has 0 bridgehead atoms. The molecule has 1 nitrogen and oxygen atoms in total. The van der Waals surface area contributed by atoms with E-state index in [-0.39, 0.29) is 0 Å². The molecule has 0 aromatic heterocycles. The third-order valence-electron chi connectivity index (χ3n) is 2.44. The first-order valence-corrected chi connectivity index (χ1v) is 4.95. The fraction of sp³-hybridized carbons (Fsp3) is 0.400. The molecule has 1 unspecified atom stereocenters. The van der Waals surface area contributed by atoms with Gasteiger partial charge in [-0.3, -0.25) is 0 Å². The molecule has 1 rings (SSSR count). The van der Waals surface area contributed by atoms with Gasteiger partial charge in [0.05, 0.1) is 18.1 Å². The summed E-state index contributed by atoms with van der Waals surface area (Å²) in [6, 6.07) is 0. The molecule has 1 atom stereocenters. The van der Waals surface area contributed by atoms with Crippen molar-refractivity contribution in [2.75, 3.05) is 0 Å². The molecule has 0 aliphatic heterocycles. The Morgan fingerprint density at radius 2 is 1.05 bits per heavy atom. The maximum absolute atomic E-state index is 13.1. The van der Waals surface area contributed by atoms with Gasteiger partial charge in [-0.05, 0) is 0 Å². The van der Waals surface area contributed by atoms with Crippen LogP contribution in [0.1, 0.15) is 18.1 Å². The molecule has 0 spiro atoms. The lowest BCUT2D eigenvalue weighted by atomic mass is 10.0. The summed E-state index contributed by atoms with van der Waals surface area (Å²) >= 11 is 0. The highest BCUT2D eigenvalue weighted by atomic mass is 19.4. The number of halogens is 10. The van der Waals surface area contributed by atoms with Gasteiger partial charge in [-0.25, -0.2) is 22.0 Å². The summed E-state index contributed by atoms with van der Waals surface area (Å²) in [4.78, 5) is 0. The van der Waals surface area contributed by atoms with Crippen molar-refractivity contribution in [3.05, 3.63) is 34.6 Å². The smallest absolute Gasteiger partial charge is 0.388 e. The number of hydrogen-bond acceptors (Lipinski definition) is 1. The molecule has 0 radical (unpaired) electrons. The molecule has 1 aromatic rings. The number of rotatable bonds is 3. The highest BCUT2D eigenvalue weighted by molar-refractivity contribution is 5.26. The van der Waals surface area contributed by atoms with Crippen LogP contribution in [0.3, 0.4) is 0 Å². The second kappa shape index (κ2) is 5.35. The zero-order valence-electron chi connectivity index (χ0n) is 9.51. The molecule has 120 valence electrons. The second-order valence-electron chi connectivity index (χ2n) is 3.91. The highest BCUT2D eigenvalue weighted by Crippen LogP contribution is 2.42. The van der Waals surface area contributed by atoms with Crippen molar-refractivity contribution in [1.82, 2.24) is 0 Å².